The number of hydrogen-bond acceptors (Lipinski definition) is 2. The number of nitrogens with zero attached hydrogens (tertiary/aromatic N) is 1. The molecule has 3 atom stereocenters. The van der Waals surface area contributed by atoms with E-state index in [2.05, 4.69) is 25.7 Å². The van der Waals surface area contributed by atoms with Gasteiger partial charge in [0.1, 0.15) is 0 Å². The first-order chi connectivity index (χ1) is 7.56. The molecule has 1 heterocycles. The van der Waals surface area contributed by atoms with E-state index in [1.165, 1.54) is 6.42 Å². The second kappa shape index (κ2) is 6.24. The monoisotopic (exact) mass is 226 g/mol. The Hall–Kier alpha value is -0.570. The maximum absolute atomic E-state index is 12.1. The molecule has 0 aliphatic carbocycles. The minimum absolute atomic E-state index is 0.319. The van der Waals surface area contributed by atoms with Crippen LogP contribution in [0.1, 0.15) is 52.9 Å². The molecule has 0 aromatic heterocycles. The quantitative estimate of drug-likeness (QED) is 0.798. The second-order valence-electron chi connectivity index (χ2n) is 5.31. The van der Waals surface area contributed by atoms with E-state index in [9.17, 15) is 4.79 Å². The van der Waals surface area contributed by atoms with Crippen LogP contribution in [0.3, 0.4) is 0 Å². The molecule has 3 heteroatoms. The summed E-state index contributed by atoms with van der Waals surface area (Å²) >= 11 is 0. The van der Waals surface area contributed by atoms with Gasteiger partial charge >= 0.3 is 0 Å². The summed E-state index contributed by atoms with van der Waals surface area (Å²) in [5.74, 6) is 0.777. The number of amides is 1. The van der Waals surface area contributed by atoms with Gasteiger partial charge in [0.05, 0.1) is 0 Å². The maximum Gasteiger partial charge on any atom is 0.223 e. The maximum atomic E-state index is 12.1. The van der Waals surface area contributed by atoms with Crippen molar-refractivity contribution < 1.29 is 4.79 Å². The van der Waals surface area contributed by atoms with Gasteiger partial charge in [0.25, 0.3) is 0 Å². The first-order valence-electron chi connectivity index (χ1n) is 6.57. The summed E-state index contributed by atoms with van der Waals surface area (Å²) in [7, 11) is 0. The lowest BCUT2D eigenvalue weighted by Gasteiger charge is -2.39. The molecule has 1 amide bonds. The van der Waals surface area contributed by atoms with E-state index in [1.54, 1.807) is 0 Å². The molecule has 0 spiro atoms. The van der Waals surface area contributed by atoms with Crippen LogP contribution in [0.2, 0.25) is 0 Å². The number of piperidine rings is 1. The fourth-order valence-corrected chi connectivity index (χ4v) is 2.53. The molecule has 2 N–H and O–H groups in total. The minimum Gasteiger partial charge on any atom is -0.337 e. The molecule has 0 aromatic carbocycles. The summed E-state index contributed by atoms with van der Waals surface area (Å²) < 4.78 is 0. The van der Waals surface area contributed by atoms with Crippen LogP contribution in [0.25, 0.3) is 0 Å². The molecule has 0 bridgehead atoms. The highest BCUT2D eigenvalue weighted by atomic mass is 16.2. The zero-order valence-corrected chi connectivity index (χ0v) is 10.9. The Morgan fingerprint density at radius 3 is 2.44 bits per heavy atom. The van der Waals surface area contributed by atoms with Crippen molar-refractivity contribution in [3.63, 3.8) is 0 Å². The van der Waals surface area contributed by atoms with E-state index in [4.69, 9.17) is 5.73 Å². The molecule has 1 aliphatic rings. The van der Waals surface area contributed by atoms with E-state index in [1.807, 2.05) is 0 Å². The SMILES string of the molecule is CC(CN)CCC(=O)N1[C@H](C)CCC[C@@H]1C. The number of carbonyl (C=O) groups is 1. The molecule has 3 nitrogen and oxygen atoms in total. The van der Waals surface area contributed by atoms with Crippen LogP contribution in [-0.2, 0) is 4.79 Å². The summed E-state index contributed by atoms with van der Waals surface area (Å²) in [4.78, 5) is 14.2. The zero-order chi connectivity index (χ0) is 12.1. The zero-order valence-electron chi connectivity index (χ0n) is 10.9. The molecule has 1 saturated heterocycles. The largest absolute Gasteiger partial charge is 0.337 e. The Morgan fingerprint density at radius 1 is 1.38 bits per heavy atom. The number of likely N-dealkylation sites (tertiary alicyclic amines) is 1. The van der Waals surface area contributed by atoms with Crippen LogP contribution in [-0.4, -0.2) is 29.4 Å². The Labute approximate surface area is 99.4 Å². The molecule has 1 unspecified atom stereocenters. The van der Waals surface area contributed by atoms with Crippen molar-refractivity contribution in [1.82, 2.24) is 4.90 Å². The molecule has 1 rings (SSSR count). The van der Waals surface area contributed by atoms with Crippen LogP contribution in [0.4, 0.5) is 0 Å². The van der Waals surface area contributed by atoms with Crippen LogP contribution in [0.15, 0.2) is 0 Å². The fraction of sp³-hybridized carbons (Fsp3) is 0.923. The van der Waals surface area contributed by atoms with Gasteiger partial charge in [-0.1, -0.05) is 6.92 Å². The summed E-state index contributed by atoms with van der Waals surface area (Å²) in [6, 6.07) is 0.842. The van der Waals surface area contributed by atoms with Gasteiger partial charge in [-0.05, 0) is 52.0 Å². The van der Waals surface area contributed by atoms with E-state index >= 15 is 0 Å². The third-order valence-corrected chi connectivity index (χ3v) is 3.73. The molecular weight excluding hydrogens is 200 g/mol. The molecule has 0 radical (unpaired) electrons. The second-order valence-corrected chi connectivity index (χ2v) is 5.31. The Morgan fingerprint density at radius 2 is 1.94 bits per heavy atom. The Balaban J connectivity index is 2.44. The smallest absolute Gasteiger partial charge is 0.223 e. The molecule has 16 heavy (non-hydrogen) atoms. The molecule has 1 fully saturated rings. The van der Waals surface area contributed by atoms with Crippen LogP contribution >= 0.6 is 0 Å². The number of hydrogen-bond donors (Lipinski definition) is 1. The van der Waals surface area contributed by atoms with Crippen molar-refractivity contribution in [3.05, 3.63) is 0 Å². The van der Waals surface area contributed by atoms with Crippen LogP contribution < -0.4 is 5.73 Å². The average Bonchev–Trinajstić information content (AvgIpc) is 2.25. The van der Waals surface area contributed by atoms with E-state index < -0.39 is 0 Å². The van der Waals surface area contributed by atoms with Gasteiger partial charge in [0, 0.05) is 18.5 Å². The summed E-state index contributed by atoms with van der Waals surface area (Å²) in [6.45, 7) is 7.12. The molecule has 0 aromatic rings. The summed E-state index contributed by atoms with van der Waals surface area (Å²) in [6.07, 6.45) is 5.15. The summed E-state index contributed by atoms with van der Waals surface area (Å²) in [5, 5.41) is 0. The molecule has 94 valence electrons. The van der Waals surface area contributed by atoms with Crippen molar-refractivity contribution in [2.75, 3.05) is 6.54 Å². The van der Waals surface area contributed by atoms with Crippen molar-refractivity contribution in [2.45, 2.75) is 65.0 Å². The molecule has 1 aliphatic heterocycles. The highest BCUT2D eigenvalue weighted by Crippen LogP contribution is 2.23. The normalized spacial score (nSPS) is 27.9. The molecule has 0 saturated carbocycles. The van der Waals surface area contributed by atoms with Crippen LogP contribution in [0, 0.1) is 5.92 Å². The minimum atomic E-state index is 0.319. The van der Waals surface area contributed by atoms with Gasteiger partial charge in [-0.15, -0.1) is 0 Å². The van der Waals surface area contributed by atoms with Gasteiger partial charge in [-0.2, -0.15) is 0 Å². The van der Waals surface area contributed by atoms with Crippen LogP contribution in [0.5, 0.6) is 0 Å². The Bertz CT molecular complexity index is 220. The predicted molar refractivity (Wildman–Crippen MR) is 67.1 cm³/mol. The summed E-state index contributed by atoms with van der Waals surface area (Å²) in [5.41, 5.74) is 5.57. The predicted octanol–water partition coefficient (Wildman–Crippen LogP) is 2.15. The lowest BCUT2D eigenvalue weighted by atomic mass is 9.96. The van der Waals surface area contributed by atoms with E-state index in [0.29, 0.717) is 36.9 Å². The first kappa shape index (κ1) is 13.5. The number of carbonyl (C=O) groups excluding carboxylic acids is 1. The highest BCUT2D eigenvalue weighted by molar-refractivity contribution is 5.76. The van der Waals surface area contributed by atoms with Gasteiger partial charge in [0.2, 0.25) is 5.91 Å². The standard InChI is InChI=1S/C13H26N2O/c1-10(9-14)7-8-13(16)15-11(2)5-4-6-12(15)3/h10-12H,4-9,14H2,1-3H3/t10?,11-,12+. The average molecular weight is 226 g/mol. The number of rotatable bonds is 4. The third kappa shape index (κ3) is 3.48. The Kier molecular flexibility index (Phi) is 5.26. The van der Waals surface area contributed by atoms with Gasteiger partial charge in [0.15, 0.2) is 0 Å². The van der Waals surface area contributed by atoms with Gasteiger partial charge < -0.3 is 10.6 Å². The van der Waals surface area contributed by atoms with Crippen molar-refractivity contribution in [3.8, 4) is 0 Å². The lowest BCUT2D eigenvalue weighted by molar-refractivity contribution is -0.137. The van der Waals surface area contributed by atoms with E-state index in [0.717, 1.165) is 19.3 Å². The van der Waals surface area contributed by atoms with Gasteiger partial charge in [-0.3, -0.25) is 4.79 Å². The molecular formula is C13H26N2O. The first-order valence-corrected chi connectivity index (χ1v) is 6.57. The third-order valence-electron chi connectivity index (χ3n) is 3.73. The fourth-order valence-electron chi connectivity index (χ4n) is 2.53. The number of nitrogens with two attached hydrogens (primary N) is 1. The highest BCUT2D eigenvalue weighted by Gasteiger charge is 2.28. The van der Waals surface area contributed by atoms with Crippen molar-refractivity contribution in [1.29, 1.82) is 0 Å². The lowest BCUT2D eigenvalue weighted by Crippen LogP contribution is -2.47. The topological polar surface area (TPSA) is 46.3 Å². The van der Waals surface area contributed by atoms with E-state index in [-0.39, 0.29) is 0 Å². The van der Waals surface area contributed by atoms with Crippen molar-refractivity contribution >= 4 is 5.91 Å². The van der Waals surface area contributed by atoms with Crippen molar-refractivity contribution in [2.24, 2.45) is 11.7 Å². The van der Waals surface area contributed by atoms with Gasteiger partial charge in [-0.25, -0.2) is 0 Å².